The Bertz CT molecular complexity index is 641. The molecule has 5 heteroatoms. The molecule has 0 radical (unpaired) electrons. The van der Waals surface area contributed by atoms with Crippen LogP contribution < -0.4 is 10.9 Å². The minimum atomic E-state index is -0.690. The zero-order valence-corrected chi connectivity index (χ0v) is 12.3. The lowest BCUT2D eigenvalue weighted by Gasteiger charge is -2.09. The van der Waals surface area contributed by atoms with Gasteiger partial charge >= 0.3 is 6.09 Å². The van der Waals surface area contributed by atoms with Crippen LogP contribution in [0.25, 0.3) is 0 Å². The molecular formula is C17H18N2O3. The summed E-state index contributed by atoms with van der Waals surface area (Å²) in [6.45, 7) is 2.10. The van der Waals surface area contributed by atoms with Crippen LogP contribution in [-0.4, -0.2) is 12.0 Å². The van der Waals surface area contributed by atoms with E-state index in [1.54, 1.807) is 0 Å². The summed E-state index contributed by atoms with van der Waals surface area (Å²) < 4.78 is 5.04. The van der Waals surface area contributed by atoms with Gasteiger partial charge in [0, 0.05) is 0 Å². The largest absolute Gasteiger partial charge is 0.443 e. The second kappa shape index (κ2) is 7.83. The van der Waals surface area contributed by atoms with Gasteiger partial charge in [-0.1, -0.05) is 54.6 Å². The van der Waals surface area contributed by atoms with Gasteiger partial charge < -0.3 is 4.74 Å². The van der Waals surface area contributed by atoms with E-state index < -0.39 is 6.09 Å². The van der Waals surface area contributed by atoms with E-state index in [0.29, 0.717) is 0 Å². The fourth-order valence-electron chi connectivity index (χ4n) is 1.90. The van der Waals surface area contributed by atoms with Crippen LogP contribution in [0.4, 0.5) is 4.79 Å². The van der Waals surface area contributed by atoms with Crippen LogP contribution in [0.15, 0.2) is 54.6 Å². The number of amides is 2. The standard InChI is InChI=1S/C17H18N2O3/c1-13-7-5-6-10-15(13)12-22-17(21)19-18-16(20)11-14-8-3-2-4-9-14/h2-10H,11-12H2,1H3,(H,18,20)(H,19,21). The van der Waals surface area contributed by atoms with Gasteiger partial charge in [0.1, 0.15) is 6.61 Å². The van der Waals surface area contributed by atoms with Crippen molar-refractivity contribution in [3.8, 4) is 0 Å². The van der Waals surface area contributed by atoms with E-state index >= 15 is 0 Å². The van der Waals surface area contributed by atoms with Crippen LogP contribution in [-0.2, 0) is 22.6 Å². The smallest absolute Gasteiger partial charge is 0.426 e. The highest BCUT2D eigenvalue weighted by atomic mass is 16.6. The lowest BCUT2D eigenvalue weighted by atomic mass is 10.1. The summed E-state index contributed by atoms with van der Waals surface area (Å²) in [6, 6.07) is 16.9. The highest BCUT2D eigenvalue weighted by molar-refractivity contribution is 5.80. The zero-order chi connectivity index (χ0) is 15.8. The zero-order valence-electron chi connectivity index (χ0n) is 12.3. The molecule has 5 nitrogen and oxygen atoms in total. The van der Waals surface area contributed by atoms with Gasteiger partial charge in [0.05, 0.1) is 6.42 Å². The van der Waals surface area contributed by atoms with Gasteiger partial charge in [-0.3, -0.25) is 10.2 Å². The number of benzene rings is 2. The quantitative estimate of drug-likeness (QED) is 0.852. The molecule has 0 aromatic heterocycles. The first kappa shape index (κ1) is 15.6. The van der Waals surface area contributed by atoms with Crippen LogP contribution in [0, 0.1) is 6.92 Å². The maximum absolute atomic E-state index is 11.7. The van der Waals surface area contributed by atoms with Crippen LogP contribution in [0.5, 0.6) is 0 Å². The second-order valence-corrected chi connectivity index (χ2v) is 4.84. The van der Waals surface area contributed by atoms with Gasteiger partial charge in [-0.2, -0.15) is 0 Å². The van der Waals surface area contributed by atoms with Crippen molar-refractivity contribution in [2.24, 2.45) is 0 Å². The van der Waals surface area contributed by atoms with E-state index in [1.165, 1.54) is 0 Å². The minimum absolute atomic E-state index is 0.160. The molecule has 22 heavy (non-hydrogen) atoms. The number of aryl methyl sites for hydroxylation is 1. The van der Waals surface area contributed by atoms with Gasteiger partial charge in [-0.25, -0.2) is 10.2 Å². The average molecular weight is 298 g/mol. The average Bonchev–Trinajstić information content (AvgIpc) is 2.53. The first-order valence-corrected chi connectivity index (χ1v) is 6.95. The lowest BCUT2D eigenvalue weighted by molar-refractivity contribution is -0.121. The van der Waals surface area contributed by atoms with Crippen molar-refractivity contribution in [1.29, 1.82) is 0 Å². The molecule has 2 N–H and O–H groups in total. The van der Waals surface area contributed by atoms with E-state index in [4.69, 9.17) is 4.74 Å². The van der Waals surface area contributed by atoms with E-state index in [0.717, 1.165) is 16.7 Å². The highest BCUT2D eigenvalue weighted by Crippen LogP contribution is 2.08. The van der Waals surface area contributed by atoms with E-state index in [9.17, 15) is 9.59 Å². The molecule has 114 valence electrons. The van der Waals surface area contributed by atoms with Gasteiger partial charge in [-0.05, 0) is 23.6 Å². The van der Waals surface area contributed by atoms with E-state index in [1.807, 2.05) is 61.5 Å². The first-order valence-electron chi connectivity index (χ1n) is 6.95. The first-order chi connectivity index (χ1) is 10.6. The third-order valence-electron chi connectivity index (χ3n) is 3.13. The summed E-state index contributed by atoms with van der Waals surface area (Å²) in [5.74, 6) is -0.306. The summed E-state index contributed by atoms with van der Waals surface area (Å²) in [6.07, 6.45) is -0.497. The Morgan fingerprint density at radius 3 is 2.36 bits per heavy atom. The monoisotopic (exact) mass is 298 g/mol. The SMILES string of the molecule is Cc1ccccc1COC(=O)NNC(=O)Cc1ccccc1. The molecule has 0 saturated heterocycles. The van der Waals surface area contributed by atoms with Crippen LogP contribution in [0.2, 0.25) is 0 Å². The summed E-state index contributed by atoms with van der Waals surface area (Å²) >= 11 is 0. The Morgan fingerprint density at radius 1 is 0.955 bits per heavy atom. The number of carbonyl (C=O) groups excluding carboxylic acids is 2. The molecule has 0 spiro atoms. The molecule has 0 fully saturated rings. The molecule has 2 rings (SSSR count). The number of nitrogens with one attached hydrogen (secondary N) is 2. The Balaban J connectivity index is 1.71. The molecule has 2 aromatic carbocycles. The fraction of sp³-hybridized carbons (Fsp3) is 0.176. The Hall–Kier alpha value is -2.82. The fourth-order valence-corrected chi connectivity index (χ4v) is 1.90. The van der Waals surface area contributed by atoms with Crippen molar-refractivity contribution >= 4 is 12.0 Å². The summed E-state index contributed by atoms with van der Waals surface area (Å²) in [5.41, 5.74) is 7.39. The summed E-state index contributed by atoms with van der Waals surface area (Å²) in [7, 11) is 0. The summed E-state index contributed by atoms with van der Waals surface area (Å²) in [5, 5.41) is 0. The Labute approximate surface area is 129 Å². The maximum Gasteiger partial charge on any atom is 0.426 e. The Morgan fingerprint density at radius 2 is 1.64 bits per heavy atom. The van der Waals surface area contributed by atoms with Gasteiger partial charge in [-0.15, -0.1) is 0 Å². The third kappa shape index (κ3) is 4.94. The van der Waals surface area contributed by atoms with Gasteiger partial charge in [0.15, 0.2) is 0 Å². The third-order valence-corrected chi connectivity index (χ3v) is 3.13. The number of ether oxygens (including phenoxy) is 1. The predicted octanol–water partition coefficient (Wildman–Crippen LogP) is 2.50. The number of carbonyl (C=O) groups is 2. The molecular weight excluding hydrogens is 280 g/mol. The predicted molar refractivity (Wildman–Crippen MR) is 82.8 cm³/mol. The second-order valence-electron chi connectivity index (χ2n) is 4.84. The molecule has 0 aliphatic rings. The van der Waals surface area contributed by atoms with Crippen molar-refractivity contribution in [3.05, 3.63) is 71.3 Å². The molecule has 0 aliphatic heterocycles. The molecule has 0 unspecified atom stereocenters. The van der Waals surface area contributed by atoms with Crippen molar-refractivity contribution in [2.45, 2.75) is 20.0 Å². The highest BCUT2D eigenvalue weighted by Gasteiger charge is 2.07. The van der Waals surface area contributed by atoms with Gasteiger partial charge in [0.2, 0.25) is 5.91 Å². The van der Waals surface area contributed by atoms with Gasteiger partial charge in [0.25, 0.3) is 0 Å². The van der Waals surface area contributed by atoms with Crippen molar-refractivity contribution < 1.29 is 14.3 Å². The summed E-state index contributed by atoms with van der Waals surface area (Å²) in [4.78, 5) is 23.2. The number of hydrogen-bond donors (Lipinski definition) is 2. The van der Waals surface area contributed by atoms with E-state index in [-0.39, 0.29) is 18.9 Å². The molecule has 2 aromatic rings. The lowest BCUT2D eigenvalue weighted by Crippen LogP contribution is -2.42. The normalized spacial score (nSPS) is 9.86. The topological polar surface area (TPSA) is 67.4 Å². The van der Waals surface area contributed by atoms with Crippen LogP contribution >= 0.6 is 0 Å². The number of hydrogen-bond acceptors (Lipinski definition) is 3. The van der Waals surface area contributed by atoms with Crippen LogP contribution in [0.1, 0.15) is 16.7 Å². The van der Waals surface area contributed by atoms with Crippen molar-refractivity contribution in [2.75, 3.05) is 0 Å². The molecule has 2 amide bonds. The van der Waals surface area contributed by atoms with Crippen molar-refractivity contribution in [1.82, 2.24) is 10.9 Å². The maximum atomic E-state index is 11.7. The molecule has 0 heterocycles. The molecule has 0 saturated carbocycles. The number of rotatable bonds is 4. The van der Waals surface area contributed by atoms with E-state index in [2.05, 4.69) is 10.9 Å². The van der Waals surface area contributed by atoms with Crippen molar-refractivity contribution in [3.63, 3.8) is 0 Å². The minimum Gasteiger partial charge on any atom is -0.443 e. The molecule has 0 bridgehead atoms. The molecule has 0 aliphatic carbocycles. The number of hydrazine groups is 1. The molecule has 0 atom stereocenters. The van der Waals surface area contributed by atoms with Crippen LogP contribution in [0.3, 0.4) is 0 Å². The Kier molecular flexibility index (Phi) is 5.54.